The SMILES string of the molecule is CC(C)c1ccc(NC(=O)c2cnc3c(cnn3C3CCN(C(C)C)CC3)c2Cl)cc1. The van der Waals surface area contributed by atoms with E-state index in [2.05, 4.69) is 48.0 Å². The number of carbonyl (C=O) groups excluding carboxylic acids is 1. The first-order valence-electron chi connectivity index (χ1n) is 11.0. The van der Waals surface area contributed by atoms with Crippen molar-refractivity contribution in [2.75, 3.05) is 18.4 Å². The Bertz CT molecular complexity index is 1070. The highest BCUT2D eigenvalue weighted by Gasteiger charge is 2.25. The van der Waals surface area contributed by atoms with E-state index in [1.807, 2.05) is 28.9 Å². The first-order chi connectivity index (χ1) is 14.8. The first kappa shape index (κ1) is 21.8. The Morgan fingerprint density at radius 3 is 2.39 bits per heavy atom. The maximum atomic E-state index is 12.8. The second-order valence-electron chi connectivity index (χ2n) is 8.90. The van der Waals surface area contributed by atoms with Gasteiger partial charge in [0.1, 0.15) is 0 Å². The van der Waals surface area contributed by atoms with Gasteiger partial charge in [0.25, 0.3) is 5.91 Å². The van der Waals surface area contributed by atoms with Crippen molar-refractivity contribution in [2.24, 2.45) is 0 Å². The van der Waals surface area contributed by atoms with E-state index in [9.17, 15) is 4.79 Å². The summed E-state index contributed by atoms with van der Waals surface area (Å²) in [7, 11) is 0. The summed E-state index contributed by atoms with van der Waals surface area (Å²) >= 11 is 6.62. The first-order valence-corrected chi connectivity index (χ1v) is 11.4. The highest BCUT2D eigenvalue weighted by Crippen LogP contribution is 2.31. The molecule has 0 radical (unpaired) electrons. The fourth-order valence-electron chi connectivity index (χ4n) is 4.19. The molecule has 1 N–H and O–H groups in total. The minimum Gasteiger partial charge on any atom is -0.322 e. The summed E-state index contributed by atoms with van der Waals surface area (Å²) in [6, 6.07) is 8.74. The van der Waals surface area contributed by atoms with Crippen molar-refractivity contribution in [2.45, 2.75) is 58.5 Å². The number of pyridine rings is 1. The molecule has 0 saturated carbocycles. The Balaban J connectivity index is 1.53. The van der Waals surface area contributed by atoms with Crippen molar-refractivity contribution >= 4 is 34.2 Å². The molecule has 31 heavy (non-hydrogen) atoms. The summed E-state index contributed by atoms with van der Waals surface area (Å²) in [6.07, 6.45) is 5.35. The van der Waals surface area contributed by atoms with Crippen LogP contribution >= 0.6 is 11.6 Å². The molecular weight excluding hydrogens is 410 g/mol. The van der Waals surface area contributed by atoms with Crippen molar-refractivity contribution < 1.29 is 4.79 Å². The third-order valence-electron chi connectivity index (χ3n) is 6.21. The number of likely N-dealkylation sites (tertiary alicyclic amines) is 1. The van der Waals surface area contributed by atoms with E-state index in [1.165, 1.54) is 5.56 Å². The predicted molar refractivity (Wildman–Crippen MR) is 126 cm³/mol. The summed E-state index contributed by atoms with van der Waals surface area (Å²) in [5.74, 6) is 0.176. The van der Waals surface area contributed by atoms with Crippen molar-refractivity contribution in [1.29, 1.82) is 0 Å². The average Bonchev–Trinajstić information content (AvgIpc) is 3.19. The number of piperidine rings is 1. The van der Waals surface area contributed by atoms with E-state index in [4.69, 9.17) is 11.6 Å². The van der Waals surface area contributed by atoms with Crippen molar-refractivity contribution in [3.63, 3.8) is 0 Å². The quantitative estimate of drug-likeness (QED) is 0.569. The lowest BCUT2D eigenvalue weighted by atomic mass is 10.0. The third kappa shape index (κ3) is 4.46. The number of amides is 1. The number of rotatable bonds is 5. The average molecular weight is 440 g/mol. The monoisotopic (exact) mass is 439 g/mol. The molecule has 0 bridgehead atoms. The van der Waals surface area contributed by atoms with E-state index in [0.717, 1.165) is 42.7 Å². The molecule has 2 aromatic heterocycles. The molecule has 1 saturated heterocycles. The fourth-order valence-corrected chi connectivity index (χ4v) is 4.46. The summed E-state index contributed by atoms with van der Waals surface area (Å²) in [6.45, 7) is 10.8. The van der Waals surface area contributed by atoms with Gasteiger partial charge < -0.3 is 10.2 Å². The van der Waals surface area contributed by atoms with Gasteiger partial charge in [-0.25, -0.2) is 9.67 Å². The second-order valence-corrected chi connectivity index (χ2v) is 9.28. The van der Waals surface area contributed by atoms with Gasteiger partial charge in [-0.05, 0) is 50.3 Å². The van der Waals surface area contributed by atoms with E-state index in [-0.39, 0.29) is 5.91 Å². The molecule has 6 nitrogen and oxygen atoms in total. The molecular formula is C24H30ClN5O. The van der Waals surface area contributed by atoms with E-state index in [0.29, 0.717) is 28.6 Å². The second kappa shape index (κ2) is 8.97. The zero-order valence-corrected chi connectivity index (χ0v) is 19.4. The molecule has 3 heterocycles. The van der Waals surface area contributed by atoms with Gasteiger partial charge in [0, 0.05) is 31.0 Å². The van der Waals surface area contributed by atoms with Crippen molar-refractivity contribution in [3.05, 3.63) is 52.8 Å². The number of nitrogens with one attached hydrogen (secondary N) is 1. The van der Waals surface area contributed by atoms with Gasteiger partial charge in [-0.3, -0.25) is 4.79 Å². The molecule has 0 unspecified atom stereocenters. The van der Waals surface area contributed by atoms with Crippen LogP contribution in [0.15, 0.2) is 36.7 Å². The van der Waals surface area contributed by atoms with Crippen LogP contribution in [-0.2, 0) is 0 Å². The van der Waals surface area contributed by atoms with Crippen LogP contribution < -0.4 is 5.32 Å². The largest absolute Gasteiger partial charge is 0.322 e. The number of halogens is 1. The van der Waals surface area contributed by atoms with Gasteiger partial charge in [0.15, 0.2) is 5.65 Å². The van der Waals surface area contributed by atoms with Crippen LogP contribution in [0, 0.1) is 0 Å². The molecule has 164 valence electrons. The van der Waals surface area contributed by atoms with E-state index >= 15 is 0 Å². The summed E-state index contributed by atoms with van der Waals surface area (Å²) < 4.78 is 1.98. The molecule has 1 fully saturated rings. The Morgan fingerprint density at radius 2 is 1.77 bits per heavy atom. The number of benzene rings is 1. The topological polar surface area (TPSA) is 63.1 Å². The molecule has 3 aromatic rings. The lowest BCUT2D eigenvalue weighted by Crippen LogP contribution is -2.39. The predicted octanol–water partition coefficient (Wildman–Crippen LogP) is 5.51. The number of carbonyl (C=O) groups is 1. The van der Waals surface area contributed by atoms with Gasteiger partial charge in [-0.15, -0.1) is 0 Å². The number of nitrogens with zero attached hydrogens (tertiary/aromatic N) is 4. The number of fused-ring (bicyclic) bond motifs is 1. The number of hydrogen-bond donors (Lipinski definition) is 1. The number of hydrogen-bond acceptors (Lipinski definition) is 4. The molecule has 4 rings (SSSR count). The highest BCUT2D eigenvalue weighted by atomic mass is 35.5. The van der Waals surface area contributed by atoms with Crippen LogP contribution in [0.1, 0.15) is 68.4 Å². The normalized spacial score (nSPS) is 15.8. The van der Waals surface area contributed by atoms with Crippen LogP contribution in [0.2, 0.25) is 5.02 Å². The maximum Gasteiger partial charge on any atom is 0.258 e. The Morgan fingerprint density at radius 1 is 1.10 bits per heavy atom. The zero-order chi connectivity index (χ0) is 22.1. The minimum absolute atomic E-state index is 0.269. The fraction of sp³-hybridized carbons (Fsp3) is 0.458. The van der Waals surface area contributed by atoms with Gasteiger partial charge >= 0.3 is 0 Å². The molecule has 0 atom stereocenters. The number of anilines is 1. The minimum atomic E-state index is -0.269. The highest BCUT2D eigenvalue weighted by molar-refractivity contribution is 6.38. The van der Waals surface area contributed by atoms with Crippen LogP contribution in [0.5, 0.6) is 0 Å². The number of aromatic nitrogens is 3. The standard InChI is InChI=1S/C24H30ClN5O/c1-15(2)17-5-7-18(8-6-17)28-24(31)21-13-26-23-20(22(21)25)14-27-30(23)19-9-11-29(12-10-19)16(3)4/h5-8,13-16,19H,9-12H2,1-4H3,(H,28,31). The lowest BCUT2D eigenvalue weighted by Gasteiger charge is -2.34. The Labute approximate surface area is 188 Å². The van der Waals surface area contributed by atoms with Crippen LogP contribution in [0.4, 0.5) is 5.69 Å². The summed E-state index contributed by atoms with van der Waals surface area (Å²) in [4.78, 5) is 19.9. The molecule has 0 spiro atoms. The Hall–Kier alpha value is -2.44. The van der Waals surface area contributed by atoms with Gasteiger partial charge in [-0.2, -0.15) is 5.10 Å². The van der Waals surface area contributed by atoms with E-state index < -0.39 is 0 Å². The molecule has 1 aromatic carbocycles. The smallest absolute Gasteiger partial charge is 0.258 e. The molecule has 1 aliphatic heterocycles. The van der Waals surface area contributed by atoms with Crippen molar-refractivity contribution in [1.82, 2.24) is 19.7 Å². The van der Waals surface area contributed by atoms with Crippen LogP contribution in [-0.4, -0.2) is 44.7 Å². The summed E-state index contributed by atoms with van der Waals surface area (Å²) in [5, 5.41) is 8.61. The maximum absolute atomic E-state index is 12.8. The summed E-state index contributed by atoms with van der Waals surface area (Å²) in [5.41, 5.74) is 3.06. The van der Waals surface area contributed by atoms with Gasteiger partial charge in [0.05, 0.1) is 28.2 Å². The van der Waals surface area contributed by atoms with Crippen LogP contribution in [0.3, 0.4) is 0 Å². The molecule has 0 aliphatic carbocycles. The van der Waals surface area contributed by atoms with Crippen LogP contribution in [0.25, 0.3) is 11.0 Å². The zero-order valence-electron chi connectivity index (χ0n) is 18.6. The van der Waals surface area contributed by atoms with Gasteiger partial charge in [-0.1, -0.05) is 37.6 Å². The lowest BCUT2D eigenvalue weighted by molar-refractivity contribution is 0.102. The van der Waals surface area contributed by atoms with Gasteiger partial charge in [0.2, 0.25) is 0 Å². The van der Waals surface area contributed by atoms with E-state index in [1.54, 1.807) is 12.4 Å². The molecule has 1 aliphatic rings. The van der Waals surface area contributed by atoms with Crippen molar-refractivity contribution in [3.8, 4) is 0 Å². The third-order valence-corrected chi connectivity index (χ3v) is 6.62. The molecule has 7 heteroatoms. The Kier molecular flexibility index (Phi) is 6.30. The molecule has 1 amide bonds.